The van der Waals surface area contributed by atoms with Crippen LogP contribution in [0, 0.1) is 11.6 Å². The van der Waals surface area contributed by atoms with Crippen molar-refractivity contribution in [3.05, 3.63) is 87.9 Å². The highest BCUT2D eigenvalue weighted by molar-refractivity contribution is 6.31. The molecule has 0 saturated heterocycles. The van der Waals surface area contributed by atoms with Crippen LogP contribution in [0.15, 0.2) is 59.0 Å². The molecule has 1 aromatic heterocycles. The summed E-state index contributed by atoms with van der Waals surface area (Å²) in [7, 11) is 0. The van der Waals surface area contributed by atoms with E-state index in [0.717, 1.165) is 12.1 Å². The van der Waals surface area contributed by atoms with Gasteiger partial charge in [-0.25, -0.2) is 8.78 Å². The van der Waals surface area contributed by atoms with Gasteiger partial charge in [-0.05, 0) is 48.5 Å². The molecule has 0 radical (unpaired) electrons. The molecule has 32 heavy (non-hydrogen) atoms. The number of rotatable bonds is 6. The van der Waals surface area contributed by atoms with Gasteiger partial charge in [0.1, 0.15) is 35.3 Å². The second-order valence-corrected chi connectivity index (χ2v) is 7.32. The standard InChI is InChI=1S/C23H15ClF2N2O4/c24-17-7-13(25)4-1-12(17)10-31-14-5-2-11(3-6-14)21-20(23(28)30)16-8-18(26)15(22(27)29)9-19(16)32-21/h1-9H,10H2,(H2,27,29)(H2,28,30). The van der Waals surface area contributed by atoms with Crippen LogP contribution in [0.4, 0.5) is 8.78 Å². The number of amides is 2. The Hall–Kier alpha value is -3.91. The van der Waals surface area contributed by atoms with Gasteiger partial charge in [0.25, 0.3) is 11.8 Å². The Kier molecular flexibility index (Phi) is 5.54. The number of hydrogen-bond acceptors (Lipinski definition) is 4. The number of fused-ring (bicyclic) bond motifs is 1. The number of ether oxygens (including phenoxy) is 1. The van der Waals surface area contributed by atoms with Crippen LogP contribution >= 0.6 is 11.6 Å². The van der Waals surface area contributed by atoms with Crippen LogP contribution in [0.25, 0.3) is 22.3 Å². The van der Waals surface area contributed by atoms with Crippen molar-refractivity contribution in [3.63, 3.8) is 0 Å². The highest BCUT2D eigenvalue weighted by Gasteiger charge is 2.23. The summed E-state index contributed by atoms with van der Waals surface area (Å²) in [6.45, 7) is 0.116. The maximum atomic E-state index is 14.2. The van der Waals surface area contributed by atoms with Crippen molar-refractivity contribution in [3.8, 4) is 17.1 Å². The molecule has 0 unspecified atom stereocenters. The topological polar surface area (TPSA) is 109 Å². The van der Waals surface area contributed by atoms with E-state index in [9.17, 15) is 18.4 Å². The molecule has 0 spiro atoms. The molecule has 1 heterocycles. The first kappa shape index (κ1) is 21.3. The van der Waals surface area contributed by atoms with Gasteiger partial charge >= 0.3 is 0 Å². The van der Waals surface area contributed by atoms with Crippen LogP contribution in [0.3, 0.4) is 0 Å². The fraction of sp³-hybridized carbons (Fsp3) is 0.0435. The summed E-state index contributed by atoms with van der Waals surface area (Å²) in [4.78, 5) is 23.5. The van der Waals surface area contributed by atoms with E-state index in [1.54, 1.807) is 24.3 Å². The molecule has 0 aliphatic rings. The predicted octanol–water partition coefficient (Wildman–Crippen LogP) is 4.81. The quantitative estimate of drug-likeness (QED) is 0.434. The van der Waals surface area contributed by atoms with E-state index < -0.39 is 23.4 Å². The smallest absolute Gasteiger partial charge is 0.253 e. The molecule has 2 amide bonds. The van der Waals surface area contributed by atoms with E-state index in [1.807, 2.05) is 0 Å². The molecule has 9 heteroatoms. The molecule has 0 saturated carbocycles. The van der Waals surface area contributed by atoms with E-state index >= 15 is 0 Å². The lowest BCUT2D eigenvalue weighted by Crippen LogP contribution is -2.13. The maximum absolute atomic E-state index is 14.2. The van der Waals surface area contributed by atoms with Crippen molar-refractivity contribution in [1.29, 1.82) is 0 Å². The van der Waals surface area contributed by atoms with Crippen molar-refractivity contribution in [2.75, 3.05) is 0 Å². The normalized spacial score (nSPS) is 11.0. The zero-order chi connectivity index (χ0) is 23.0. The molecular formula is C23H15ClF2N2O4. The van der Waals surface area contributed by atoms with Gasteiger partial charge in [0.2, 0.25) is 0 Å². The molecular weight excluding hydrogens is 442 g/mol. The van der Waals surface area contributed by atoms with E-state index in [0.29, 0.717) is 16.9 Å². The van der Waals surface area contributed by atoms with Crippen LogP contribution in [-0.2, 0) is 6.61 Å². The summed E-state index contributed by atoms with van der Waals surface area (Å²) >= 11 is 6.00. The molecule has 0 aliphatic heterocycles. The zero-order valence-electron chi connectivity index (χ0n) is 16.3. The highest BCUT2D eigenvalue weighted by atomic mass is 35.5. The van der Waals surface area contributed by atoms with Crippen LogP contribution in [0.5, 0.6) is 5.75 Å². The van der Waals surface area contributed by atoms with Gasteiger partial charge in [-0.1, -0.05) is 17.7 Å². The van der Waals surface area contributed by atoms with Crippen molar-refractivity contribution in [1.82, 2.24) is 0 Å². The van der Waals surface area contributed by atoms with Crippen LogP contribution in [0.1, 0.15) is 26.3 Å². The van der Waals surface area contributed by atoms with Gasteiger partial charge in [0.05, 0.1) is 16.1 Å². The van der Waals surface area contributed by atoms with Gasteiger partial charge in [0, 0.05) is 16.5 Å². The molecule has 0 atom stereocenters. The maximum Gasteiger partial charge on any atom is 0.253 e. The lowest BCUT2D eigenvalue weighted by atomic mass is 10.0. The number of benzene rings is 3. The summed E-state index contributed by atoms with van der Waals surface area (Å²) in [5, 5.41) is 0.374. The largest absolute Gasteiger partial charge is 0.489 e. The first-order chi connectivity index (χ1) is 15.2. The third kappa shape index (κ3) is 4.00. The summed E-state index contributed by atoms with van der Waals surface area (Å²) in [5.41, 5.74) is 11.5. The van der Waals surface area contributed by atoms with Crippen LogP contribution in [0.2, 0.25) is 5.02 Å². The van der Waals surface area contributed by atoms with E-state index in [4.69, 9.17) is 32.2 Å². The van der Waals surface area contributed by atoms with Crippen LogP contribution in [-0.4, -0.2) is 11.8 Å². The first-order valence-corrected chi connectivity index (χ1v) is 9.65. The Labute approximate surface area is 185 Å². The summed E-state index contributed by atoms with van der Waals surface area (Å²) in [6.07, 6.45) is 0. The second-order valence-electron chi connectivity index (χ2n) is 6.91. The summed E-state index contributed by atoms with van der Waals surface area (Å²) in [6, 6.07) is 12.6. The Morgan fingerprint density at radius 2 is 1.69 bits per heavy atom. The Balaban J connectivity index is 1.66. The fourth-order valence-electron chi connectivity index (χ4n) is 3.26. The van der Waals surface area contributed by atoms with Gasteiger partial charge in [-0.2, -0.15) is 0 Å². The van der Waals surface area contributed by atoms with Gasteiger partial charge in [-0.3, -0.25) is 9.59 Å². The number of hydrogen-bond donors (Lipinski definition) is 2. The molecule has 0 fully saturated rings. The minimum Gasteiger partial charge on any atom is -0.489 e. The van der Waals surface area contributed by atoms with Crippen molar-refractivity contribution in [2.24, 2.45) is 11.5 Å². The third-order valence-corrected chi connectivity index (χ3v) is 5.17. The number of furan rings is 1. The number of nitrogens with two attached hydrogens (primary N) is 2. The second kappa shape index (κ2) is 8.32. The highest BCUT2D eigenvalue weighted by Crippen LogP contribution is 2.35. The Morgan fingerprint density at radius 1 is 0.969 bits per heavy atom. The first-order valence-electron chi connectivity index (χ1n) is 9.27. The van der Waals surface area contributed by atoms with E-state index in [-0.39, 0.29) is 39.5 Å². The van der Waals surface area contributed by atoms with Gasteiger partial charge < -0.3 is 20.6 Å². The van der Waals surface area contributed by atoms with E-state index in [1.165, 1.54) is 18.2 Å². The molecule has 0 aliphatic carbocycles. The van der Waals surface area contributed by atoms with Crippen LogP contribution < -0.4 is 16.2 Å². The predicted molar refractivity (Wildman–Crippen MR) is 114 cm³/mol. The fourth-order valence-corrected chi connectivity index (χ4v) is 3.48. The monoisotopic (exact) mass is 456 g/mol. The summed E-state index contributed by atoms with van der Waals surface area (Å²) in [5.74, 6) is -2.53. The zero-order valence-corrected chi connectivity index (χ0v) is 17.1. The SMILES string of the molecule is NC(=O)c1cc2oc(-c3ccc(OCc4ccc(F)cc4Cl)cc3)c(C(N)=O)c2cc1F. The van der Waals surface area contributed by atoms with Gasteiger partial charge in [0.15, 0.2) is 0 Å². The molecule has 162 valence electrons. The lowest BCUT2D eigenvalue weighted by molar-refractivity contribution is 0.0990. The molecule has 4 aromatic rings. The Morgan fingerprint density at radius 3 is 2.31 bits per heavy atom. The van der Waals surface area contributed by atoms with Crippen molar-refractivity contribution >= 4 is 34.4 Å². The molecule has 4 rings (SSSR count). The van der Waals surface area contributed by atoms with Gasteiger partial charge in [-0.15, -0.1) is 0 Å². The van der Waals surface area contributed by atoms with E-state index in [2.05, 4.69) is 0 Å². The number of primary amides is 2. The number of halogens is 3. The molecule has 6 nitrogen and oxygen atoms in total. The number of carbonyl (C=O) groups is 2. The average Bonchev–Trinajstić information content (AvgIpc) is 3.11. The molecule has 4 N–H and O–H groups in total. The third-order valence-electron chi connectivity index (χ3n) is 4.82. The minimum atomic E-state index is -0.967. The molecule has 3 aromatic carbocycles. The van der Waals surface area contributed by atoms with Crippen molar-refractivity contribution < 1.29 is 27.5 Å². The average molecular weight is 457 g/mol. The molecule has 0 bridgehead atoms. The lowest BCUT2D eigenvalue weighted by Gasteiger charge is -2.08. The minimum absolute atomic E-state index is 0.0262. The summed E-state index contributed by atoms with van der Waals surface area (Å²) < 4.78 is 38.8. The van der Waals surface area contributed by atoms with Crippen molar-refractivity contribution in [2.45, 2.75) is 6.61 Å². The Bertz CT molecular complexity index is 1370. The number of carbonyl (C=O) groups excluding carboxylic acids is 2.